The van der Waals surface area contributed by atoms with Crippen LogP contribution in [0.4, 0.5) is 11.4 Å². The van der Waals surface area contributed by atoms with Crippen molar-refractivity contribution in [1.82, 2.24) is 0 Å². The Labute approximate surface area is 93.2 Å². The zero-order valence-electron chi connectivity index (χ0n) is 8.33. The minimum Gasteiger partial charge on any atom is -0.399 e. The molecule has 0 aromatic heterocycles. The first-order valence-corrected chi connectivity index (χ1v) is 5.75. The van der Waals surface area contributed by atoms with Crippen molar-refractivity contribution in [3.63, 3.8) is 0 Å². The molecule has 3 heteroatoms. The van der Waals surface area contributed by atoms with Gasteiger partial charge in [-0.25, -0.2) is 0 Å². The molecule has 1 fully saturated rings. The highest BCUT2D eigenvalue weighted by atomic mass is 79.9. The summed E-state index contributed by atoms with van der Waals surface area (Å²) in [5, 5.41) is 0. The van der Waals surface area contributed by atoms with Gasteiger partial charge in [-0.1, -0.05) is 0 Å². The topological polar surface area (TPSA) is 29.3 Å². The predicted molar refractivity (Wildman–Crippen MR) is 64.6 cm³/mol. The predicted octanol–water partition coefficient (Wildman–Crippen LogP) is 3.02. The zero-order valence-corrected chi connectivity index (χ0v) is 9.92. The van der Waals surface area contributed by atoms with Crippen LogP contribution >= 0.6 is 15.9 Å². The van der Waals surface area contributed by atoms with Crippen LogP contribution in [-0.2, 0) is 0 Å². The summed E-state index contributed by atoms with van der Waals surface area (Å²) in [4.78, 5) is 2.34. The fraction of sp³-hybridized carbons (Fsp3) is 0.455. The van der Waals surface area contributed by atoms with E-state index in [-0.39, 0.29) is 0 Å². The first kappa shape index (κ1) is 9.84. The molecule has 0 bridgehead atoms. The highest BCUT2D eigenvalue weighted by Crippen LogP contribution is 2.33. The van der Waals surface area contributed by atoms with E-state index in [0.29, 0.717) is 0 Å². The molecule has 1 aromatic rings. The maximum absolute atomic E-state index is 5.70. The number of anilines is 2. The number of benzene rings is 1. The first-order valence-electron chi connectivity index (χ1n) is 4.96. The van der Waals surface area contributed by atoms with Crippen molar-refractivity contribution >= 4 is 27.3 Å². The Kier molecular flexibility index (Phi) is 2.68. The molecule has 1 saturated carbocycles. The first-order chi connectivity index (χ1) is 6.68. The molecule has 0 saturated heterocycles. The van der Waals surface area contributed by atoms with Gasteiger partial charge in [0.25, 0.3) is 0 Å². The number of hydrogen-bond donors (Lipinski definition) is 1. The standard InChI is InChI=1S/C11H15BrN2/c1-14(9-3-2-4-9)11-6-5-8(13)7-10(11)12/h5-7,9H,2-4,13H2,1H3. The Balaban J connectivity index is 2.22. The van der Waals surface area contributed by atoms with E-state index in [9.17, 15) is 0 Å². The molecule has 0 aliphatic heterocycles. The molecule has 0 atom stereocenters. The lowest BCUT2D eigenvalue weighted by molar-refractivity contribution is 0.401. The maximum Gasteiger partial charge on any atom is 0.0512 e. The normalized spacial score (nSPS) is 16.4. The van der Waals surface area contributed by atoms with E-state index in [1.54, 1.807) is 0 Å². The monoisotopic (exact) mass is 254 g/mol. The summed E-state index contributed by atoms with van der Waals surface area (Å²) >= 11 is 3.55. The highest BCUT2D eigenvalue weighted by Gasteiger charge is 2.23. The Hall–Kier alpha value is -0.700. The molecule has 0 unspecified atom stereocenters. The van der Waals surface area contributed by atoms with E-state index in [1.807, 2.05) is 12.1 Å². The van der Waals surface area contributed by atoms with Gasteiger partial charge in [0.05, 0.1) is 5.69 Å². The third-order valence-electron chi connectivity index (χ3n) is 2.97. The lowest BCUT2D eigenvalue weighted by atomic mass is 9.91. The third kappa shape index (κ3) is 1.73. The Morgan fingerprint density at radius 3 is 2.64 bits per heavy atom. The Bertz CT molecular complexity index is 334. The van der Waals surface area contributed by atoms with E-state index in [0.717, 1.165) is 16.2 Å². The molecule has 1 aromatic carbocycles. The second-order valence-corrected chi connectivity index (χ2v) is 4.76. The summed E-state index contributed by atoms with van der Waals surface area (Å²) in [7, 11) is 2.15. The van der Waals surface area contributed by atoms with Crippen LogP contribution in [0.25, 0.3) is 0 Å². The molecule has 2 N–H and O–H groups in total. The average Bonchev–Trinajstić information content (AvgIpc) is 2.00. The second-order valence-electron chi connectivity index (χ2n) is 3.91. The number of hydrogen-bond acceptors (Lipinski definition) is 2. The Morgan fingerprint density at radius 1 is 1.43 bits per heavy atom. The summed E-state index contributed by atoms with van der Waals surface area (Å²) in [5.74, 6) is 0. The minimum absolute atomic E-state index is 0.718. The summed E-state index contributed by atoms with van der Waals surface area (Å²) in [5.41, 5.74) is 7.75. The summed E-state index contributed by atoms with van der Waals surface area (Å²) in [6.45, 7) is 0. The van der Waals surface area contributed by atoms with Crippen LogP contribution in [0.2, 0.25) is 0 Å². The molecular weight excluding hydrogens is 240 g/mol. The van der Waals surface area contributed by atoms with Gasteiger partial charge in [0, 0.05) is 23.2 Å². The van der Waals surface area contributed by atoms with Crippen molar-refractivity contribution < 1.29 is 0 Å². The molecular formula is C11H15BrN2. The average molecular weight is 255 g/mol. The molecule has 0 amide bonds. The number of nitrogens with zero attached hydrogens (tertiary/aromatic N) is 1. The van der Waals surface area contributed by atoms with Gasteiger partial charge in [0.2, 0.25) is 0 Å². The molecule has 1 aliphatic carbocycles. The molecule has 14 heavy (non-hydrogen) atoms. The zero-order chi connectivity index (χ0) is 10.1. The van der Waals surface area contributed by atoms with E-state index < -0.39 is 0 Å². The molecule has 2 nitrogen and oxygen atoms in total. The maximum atomic E-state index is 5.70. The fourth-order valence-electron chi connectivity index (χ4n) is 1.78. The van der Waals surface area contributed by atoms with Crippen molar-refractivity contribution in [2.75, 3.05) is 17.7 Å². The van der Waals surface area contributed by atoms with E-state index in [2.05, 4.69) is 33.9 Å². The quantitative estimate of drug-likeness (QED) is 0.823. The number of rotatable bonds is 2. The van der Waals surface area contributed by atoms with Crippen LogP contribution in [0.3, 0.4) is 0 Å². The van der Waals surface area contributed by atoms with E-state index >= 15 is 0 Å². The van der Waals surface area contributed by atoms with Gasteiger partial charge < -0.3 is 10.6 Å². The molecule has 0 heterocycles. The summed E-state index contributed by atoms with van der Waals surface area (Å²) in [6.07, 6.45) is 3.99. The lowest BCUT2D eigenvalue weighted by Gasteiger charge is -2.36. The van der Waals surface area contributed by atoms with Crippen molar-refractivity contribution in [3.05, 3.63) is 22.7 Å². The van der Waals surface area contributed by atoms with Crippen LogP contribution in [0, 0.1) is 0 Å². The van der Waals surface area contributed by atoms with Gasteiger partial charge >= 0.3 is 0 Å². The van der Waals surface area contributed by atoms with Crippen molar-refractivity contribution in [2.45, 2.75) is 25.3 Å². The van der Waals surface area contributed by atoms with Crippen molar-refractivity contribution in [1.29, 1.82) is 0 Å². The second kappa shape index (κ2) is 3.81. The van der Waals surface area contributed by atoms with Crippen molar-refractivity contribution in [3.8, 4) is 0 Å². The van der Waals surface area contributed by atoms with Gasteiger partial charge in [0.1, 0.15) is 0 Å². The fourth-order valence-corrected chi connectivity index (χ4v) is 2.46. The largest absolute Gasteiger partial charge is 0.399 e. The van der Waals surface area contributed by atoms with Crippen LogP contribution in [-0.4, -0.2) is 13.1 Å². The minimum atomic E-state index is 0.718. The molecule has 1 aliphatic rings. The third-order valence-corrected chi connectivity index (χ3v) is 3.61. The van der Waals surface area contributed by atoms with Gasteiger partial charge in [-0.3, -0.25) is 0 Å². The van der Waals surface area contributed by atoms with Crippen LogP contribution in [0.5, 0.6) is 0 Å². The van der Waals surface area contributed by atoms with Crippen LogP contribution in [0.1, 0.15) is 19.3 Å². The number of halogens is 1. The summed E-state index contributed by atoms with van der Waals surface area (Å²) in [6, 6.07) is 6.72. The van der Waals surface area contributed by atoms with E-state index in [4.69, 9.17) is 5.73 Å². The van der Waals surface area contributed by atoms with Gasteiger partial charge in [-0.15, -0.1) is 0 Å². The molecule has 76 valence electrons. The number of nitrogens with two attached hydrogens (primary N) is 1. The van der Waals surface area contributed by atoms with Gasteiger partial charge in [-0.2, -0.15) is 0 Å². The van der Waals surface area contributed by atoms with E-state index in [1.165, 1.54) is 24.9 Å². The smallest absolute Gasteiger partial charge is 0.0512 e. The molecule has 0 spiro atoms. The molecule has 0 radical (unpaired) electrons. The van der Waals surface area contributed by atoms with Crippen molar-refractivity contribution in [2.24, 2.45) is 0 Å². The molecule has 2 rings (SSSR count). The van der Waals surface area contributed by atoms with Gasteiger partial charge in [-0.05, 0) is 53.4 Å². The highest BCUT2D eigenvalue weighted by molar-refractivity contribution is 9.10. The number of nitrogen functional groups attached to an aromatic ring is 1. The van der Waals surface area contributed by atoms with Gasteiger partial charge in [0.15, 0.2) is 0 Å². The Morgan fingerprint density at radius 2 is 2.14 bits per heavy atom. The lowest BCUT2D eigenvalue weighted by Crippen LogP contribution is -2.37. The van der Waals surface area contributed by atoms with Crippen LogP contribution < -0.4 is 10.6 Å². The summed E-state index contributed by atoms with van der Waals surface area (Å²) < 4.78 is 1.09. The SMILES string of the molecule is CN(c1ccc(N)cc1Br)C1CCC1. The van der Waals surface area contributed by atoms with Crippen LogP contribution in [0.15, 0.2) is 22.7 Å².